The molecule has 2 aromatic carbocycles. The van der Waals surface area contributed by atoms with Crippen LogP contribution in [0.15, 0.2) is 42.5 Å². The maximum absolute atomic E-state index is 13.2. The first kappa shape index (κ1) is 30.2. The fourth-order valence-electron chi connectivity index (χ4n) is 5.44. The van der Waals surface area contributed by atoms with Crippen LogP contribution in [0.25, 0.3) is 0 Å². The number of aromatic hydroxyl groups is 2. The number of piperidine rings is 1. The lowest BCUT2D eigenvalue weighted by Gasteiger charge is -2.46. The number of hydrogen-bond acceptors (Lipinski definition) is 5. The molecular formula is C28H41Cl2N3O3. The van der Waals surface area contributed by atoms with Crippen molar-refractivity contribution >= 4 is 30.7 Å². The number of rotatable bonds is 6. The monoisotopic (exact) mass is 537 g/mol. The number of phenolic OH excluding ortho intramolecular Hbond substituents is 2. The van der Waals surface area contributed by atoms with E-state index in [0.717, 1.165) is 37.2 Å². The average Bonchev–Trinajstić information content (AvgIpc) is 2.80. The van der Waals surface area contributed by atoms with Crippen molar-refractivity contribution in [1.29, 1.82) is 0 Å². The van der Waals surface area contributed by atoms with E-state index in [-0.39, 0.29) is 54.0 Å². The zero-order chi connectivity index (χ0) is 24.5. The van der Waals surface area contributed by atoms with Crippen LogP contribution < -0.4 is 10.6 Å². The summed E-state index contributed by atoms with van der Waals surface area (Å²) in [7, 11) is 0. The third-order valence-electron chi connectivity index (χ3n) is 8.13. The number of nitrogens with one attached hydrogen (secondary N) is 2. The topological polar surface area (TPSA) is 84.8 Å². The Morgan fingerprint density at radius 3 is 2.53 bits per heavy atom. The minimum absolute atomic E-state index is 0. The van der Waals surface area contributed by atoms with Gasteiger partial charge in [0.1, 0.15) is 11.5 Å². The van der Waals surface area contributed by atoms with Crippen molar-refractivity contribution in [3.05, 3.63) is 59.2 Å². The number of benzene rings is 2. The largest absolute Gasteiger partial charge is 0.508 e. The predicted molar refractivity (Wildman–Crippen MR) is 149 cm³/mol. The summed E-state index contributed by atoms with van der Waals surface area (Å²) < 4.78 is 0. The van der Waals surface area contributed by atoms with Gasteiger partial charge in [-0.05, 0) is 77.6 Å². The van der Waals surface area contributed by atoms with Crippen LogP contribution in [-0.2, 0) is 23.2 Å². The molecule has 2 aliphatic rings. The minimum Gasteiger partial charge on any atom is -0.508 e. The molecule has 0 radical (unpaired) electrons. The van der Waals surface area contributed by atoms with Gasteiger partial charge < -0.3 is 25.7 Å². The smallest absolute Gasteiger partial charge is 0.237 e. The van der Waals surface area contributed by atoms with E-state index in [2.05, 4.69) is 49.3 Å². The Morgan fingerprint density at radius 1 is 1.14 bits per heavy atom. The molecule has 1 amide bonds. The highest BCUT2D eigenvalue weighted by Crippen LogP contribution is 2.40. The molecule has 0 saturated carbocycles. The van der Waals surface area contributed by atoms with E-state index in [0.29, 0.717) is 30.6 Å². The molecule has 2 heterocycles. The number of hydrogen-bond donors (Lipinski definition) is 4. The van der Waals surface area contributed by atoms with Crippen molar-refractivity contribution in [2.24, 2.45) is 11.8 Å². The van der Waals surface area contributed by atoms with Gasteiger partial charge in [-0.25, -0.2) is 0 Å². The van der Waals surface area contributed by atoms with E-state index in [1.807, 2.05) is 18.2 Å². The highest BCUT2D eigenvalue weighted by molar-refractivity contribution is 5.85. The van der Waals surface area contributed by atoms with Gasteiger partial charge >= 0.3 is 0 Å². The molecule has 2 aliphatic heterocycles. The molecule has 0 bridgehead atoms. The summed E-state index contributed by atoms with van der Waals surface area (Å²) in [4.78, 5) is 15.6. The van der Waals surface area contributed by atoms with E-state index >= 15 is 0 Å². The molecule has 6 nitrogen and oxygen atoms in total. The Hall–Kier alpha value is -1.99. The molecule has 36 heavy (non-hydrogen) atoms. The number of carbonyl (C=O) groups is 1. The van der Waals surface area contributed by atoms with Crippen LogP contribution in [0, 0.1) is 11.8 Å². The molecule has 2 aromatic rings. The lowest BCUT2D eigenvalue weighted by Crippen LogP contribution is -2.56. The second kappa shape index (κ2) is 12.5. The summed E-state index contributed by atoms with van der Waals surface area (Å²) in [6.45, 7) is 12.3. The van der Waals surface area contributed by atoms with Crippen LogP contribution in [0.2, 0.25) is 0 Å². The van der Waals surface area contributed by atoms with Crippen LogP contribution in [0.1, 0.15) is 50.8 Å². The number of halogens is 2. The number of nitrogens with zero attached hydrogens (tertiary/aromatic N) is 1. The van der Waals surface area contributed by atoms with E-state index in [1.54, 1.807) is 18.2 Å². The molecule has 0 aliphatic carbocycles. The van der Waals surface area contributed by atoms with Crippen molar-refractivity contribution in [1.82, 2.24) is 15.5 Å². The second-order valence-electron chi connectivity index (χ2n) is 10.8. The molecule has 4 N–H and O–H groups in total. The average molecular weight is 539 g/mol. The Morgan fingerprint density at radius 2 is 1.86 bits per heavy atom. The summed E-state index contributed by atoms with van der Waals surface area (Å²) in [5, 5.41) is 26.3. The Kier molecular flexibility index (Phi) is 10.5. The molecule has 200 valence electrons. The van der Waals surface area contributed by atoms with Gasteiger partial charge in [0.2, 0.25) is 5.91 Å². The first-order valence-corrected chi connectivity index (χ1v) is 12.5. The fourth-order valence-corrected chi connectivity index (χ4v) is 5.44. The van der Waals surface area contributed by atoms with Crippen LogP contribution in [-0.4, -0.2) is 52.7 Å². The number of fused-ring (bicyclic) bond motifs is 1. The SMILES string of the molecule is CC(C)[C@@H](CN1CC[C@@](C)(c2cccc(O)c2)[C@@H](C)C1)NC(=O)[C@H]1Cc2ccc(O)cc2CN1.Cl.Cl. The summed E-state index contributed by atoms with van der Waals surface area (Å²) in [6.07, 6.45) is 1.65. The summed E-state index contributed by atoms with van der Waals surface area (Å²) in [5.41, 5.74) is 3.40. The molecule has 1 saturated heterocycles. The van der Waals surface area contributed by atoms with Crippen LogP contribution >= 0.6 is 24.8 Å². The Balaban J connectivity index is 0.00000228. The van der Waals surface area contributed by atoms with Gasteiger partial charge in [-0.2, -0.15) is 0 Å². The fraction of sp³-hybridized carbons (Fsp3) is 0.536. The van der Waals surface area contributed by atoms with E-state index in [4.69, 9.17) is 0 Å². The Labute approximate surface area is 227 Å². The molecule has 8 heteroatoms. The third-order valence-corrected chi connectivity index (χ3v) is 8.13. The van der Waals surface area contributed by atoms with Crippen LogP contribution in [0.3, 0.4) is 0 Å². The number of phenols is 2. The van der Waals surface area contributed by atoms with Crippen molar-refractivity contribution < 1.29 is 15.0 Å². The van der Waals surface area contributed by atoms with Crippen molar-refractivity contribution in [3.63, 3.8) is 0 Å². The zero-order valence-corrected chi connectivity index (χ0v) is 23.3. The molecular weight excluding hydrogens is 497 g/mol. The zero-order valence-electron chi connectivity index (χ0n) is 21.7. The van der Waals surface area contributed by atoms with E-state index in [9.17, 15) is 15.0 Å². The number of carbonyl (C=O) groups excluding carboxylic acids is 1. The highest BCUT2D eigenvalue weighted by Gasteiger charge is 2.39. The summed E-state index contributed by atoms with van der Waals surface area (Å²) in [6, 6.07) is 12.9. The lowest BCUT2D eigenvalue weighted by atomic mass is 9.68. The van der Waals surface area contributed by atoms with Gasteiger partial charge in [0.25, 0.3) is 0 Å². The van der Waals surface area contributed by atoms with Crippen molar-refractivity contribution in [2.45, 2.75) is 64.6 Å². The van der Waals surface area contributed by atoms with Crippen molar-refractivity contribution in [2.75, 3.05) is 19.6 Å². The standard InChI is InChI=1S/C28H39N3O3.2ClH/c1-18(2)26(30-27(34)25-13-20-8-9-24(33)12-21(20)15-29-25)17-31-11-10-28(4,19(3)16-31)22-6-5-7-23(32)14-22;;/h5-9,12,14,18-19,25-26,29,32-33H,10-11,13,15-17H2,1-4H3,(H,30,34);2*1H/t19-,25+,26+,28+;;/m0../s1. The summed E-state index contributed by atoms with van der Waals surface area (Å²) >= 11 is 0. The van der Waals surface area contributed by atoms with Gasteiger partial charge in [-0.3, -0.25) is 4.79 Å². The van der Waals surface area contributed by atoms with Gasteiger partial charge in [-0.15, -0.1) is 24.8 Å². The summed E-state index contributed by atoms with van der Waals surface area (Å²) in [5.74, 6) is 1.39. The highest BCUT2D eigenvalue weighted by atomic mass is 35.5. The van der Waals surface area contributed by atoms with Crippen LogP contribution in [0.5, 0.6) is 11.5 Å². The van der Waals surface area contributed by atoms with Crippen LogP contribution in [0.4, 0.5) is 0 Å². The number of amides is 1. The van der Waals surface area contributed by atoms with E-state index in [1.165, 1.54) is 5.56 Å². The van der Waals surface area contributed by atoms with Crippen molar-refractivity contribution in [3.8, 4) is 11.5 Å². The Bertz CT molecular complexity index is 1030. The first-order valence-electron chi connectivity index (χ1n) is 12.5. The first-order chi connectivity index (χ1) is 16.2. The van der Waals surface area contributed by atoms with Gasteiger partial charge in [0.05, 0.1) is 6.04 Å². The predicted octanol–water partition coefficient (Wildman–Crippen LogP) is 4.40. The maximum atomic E-state index is 13.2. The second-order valence-corrected chi connectivity index (χ2v) is 10.8. The van der Waals surface area contributed by atoms with E-state index < -0.39 is 0 Å². The molecule has 0 aromatic heterocycles. The third kappa shape index (κ3) is 6.65. The minimum atomic E-state index is -0.257. The van der Waals surface area contributed by atoms with Gasteiger partial charge in [0.15, 0.2) is 0 Å². The number of likely N-dealkylation sites (tertiary alicyclic amines) is 1. The molecule has 4 rings (SSSR count). The quantitative estimate of drug-likeness (QED) is 0.439. The molecule has 0 spiro atoms. The molecule has 4 atom stereocenters. The normalized spacial score (nSPS) is 24.7. The maximum Gasteiger partial charge on any atom is 0.237 e. The molecule has 0 unspecified atom stereocenters. The molecule has 1 fully saturated rings. The van der Waals surface area contributed by atoms with Gasteiger partial charge in [-0.1, -0.05) is 45.9 Å². The van der Waals surface area contributed by atoms with Gasteiger partial charge in [0, 0.05) is 25.7 Å². The lowest BCUT2D eigenvalue weighted by molar-refractivity contribution is -0.124.